The van der Waals surface area contributed by atoms with Crippen LogP contribution in [0.5, 0.6) is 0 Å². The van der Waals surface area contributed by atoms with Gasteiger partial charge in [-0.3, -0.25) is 4.79 Å². The fourth-order valence-corrected chi connectivity index (χ4v) is 3.42. The average Bonchev–Trinajstić information content (AvgIpc) is 3.30. The first-order chi connectivity index (χ1) is 13.6. The van der Waals surface area contributed by atoms with E-state index < -0.39 is 62.0 Å². The molecule has 1 atom stereocenters. The number of nitrogens with one attached hydrogen (secondary N) is 2. The van der Waals surface area contributed by atoms with Gasteiger partial charge >= 0.3 is 5.97 Å². The highest BCUT2D eigenvalue weighted by atomic mass is 32.2. The lowest BCUT2D eigenvalue weighted by molar-refractivity contribution is -0.123. The maximum Gasteiger partial charge on any atom is 0.375 e. The first-order valence-corrected chi connectivity index (χ1v) is 9.84. The molecule has 1 heterocycles. The standard InChI is InChI=1S/C17H15F3N2O6S/c1-8(16(23)21-11-5-4-10(18)14(19)15(11)20)27-17(24)12-6-7-13(28-12)29(25,26)22-9-2-3-9/h4-9,22H,2-3H2,1H3,(H,21,23). The van der Waals surface area contributed by atoms with Crippen LogP contribution in [-0.4, -0.2) is 32.4 Å². The zero-order valence-electron chi connectivity index (χ0n) is 14.9. The van der Waals surface area contributed by atoms with Gasteiger partial charge in [-0.1, -0.05) is 0 Å². The molecule has 1 unspecified atom stereocenters. The summed E-state index contributed by atoms with van der Waals surface area (Å²) in [5.41, 5.74) is -0.644. The van der Waals surface area contributed by atoms with Crippen molar-refractivity contribution in [2.75, 3.05) is 5.32 Å². The third-order valence-electron chi connectivity index (χ3n) is 3.89. The summed E-state index contributed by atoms with van der Waals surface area (Å²) in [6.07, 6.45) is -0.0650. The molecule has 156 valence electrons. The fraction of sp³-hybridized carbons (Fsp3) is 0.294. The number of anilines is 1. The number of benzene rings is 1. The lowest BCUT2D eigenvalue weighted by Gasteiger charge is -2.13. The van der Waals surface area contributed by atoms with E-state index >= 15 is 0 Å². The van der Waals surface area contributed by atoms with Gasteiger partial charge in [0.25, 0.3) is 15.9 Å². The summed E-state index contributed by atoms with van der Waals surface area (Å²) in [6.45, 7) is 1.14. The molecule has 1 aromatic carbocycles. The highest BCUT2D eigenvalue weighted by Gasteiger charge is 2.31. The lowest BCUT2D eigenvalue weighted by Crippen LogP contribution is -2.30. The monoisotopic (exact) mass is 432 g/mol. The van der Waals surface area contributed by atoms with Crippen molar-refractivity contribution in [2.45, 2.75) is 37.0 Å². The number of carbonyl (C=O) groups excluding carboxylic acids is 2. The molecule has 1 aliphatic rings. The van der Waals surface area contributed by atoms with E-state index in [2.05, 4.69) is 4.72 Å². The predicted molar refractivity (Wildman–Crippen MR) is 91.9 cm³/mol. The van der Waals surface area contributed by atoms with E-state index in [4.69, 9.17) is 9.15 Å². The van der Waals surface area contributed by atoms with Crippen molar-refractivity contribution in [3.05, 3.63) is 47.5 Å². The van der Waals surface area contributed by atoms with E-state index in [-0.39, 0.29) is 6.04 Å². The molecule has 1 saturated carbocycles. The minimum absolute atomic E-state index is 0.166. The zero-order valence-corrected chi connectivity index (χ0v) is 15.7. The average molecular weight is 432 g/mol. The Bertz CT molecular complexity index is 1070. The molecule has 29 heavy (non-hydrogen) atoms. The predicted octanol–water partition coefficient (Wildman–Crippen LogP) is 2.32. The topological polar surface area (TPSA) is 115 Å². The second-order valence-corrected chi connectivity index (χ2v) is 7.92. The van der Waals surface area contributed by atoms with E-state index in [1.165, 1.54) is 0 Å². The summed E-state index contributed by atoms with van der Waals surface area (Å²) < 4.78 is 76.0. The van der Waals surface area contributed by atoms with Crippen molar-refractivity contribution >= 4 is 27.6 Å². The first-order valence-electron chi connectivity index (χ1n) is 8.36. The molecule has 2 N–H and O–H groups in total. The van der Waals surface area contributed by atoms with Gasteiger partial charge < -0.3 is 14.5 Å². The Balaban J connectivity index is 1.63. The second kappa shape index (κ2) is 7.87. The molecule has 12 heteroatoms. The number of sulfonamides is 1. The van der Waals surface area contributed by atoms with E-state index in [1.54, 1.807) is 0 Å². The minimum Gasteiger partial charge on any atom is -0.447 e. The van der Waals surface area contributed by atoms with Crippen LogP contribution in [-0.2, 0) is 19.6 Å². The summed E-state index contributed by atoms with van der Waals surface area (Å²) in [4.78, 5) is 24.1. The molecule has 0 spiro atoms. The number of hydrogen-bond acceptors (Lipinski definition) is 6. The highest BCUT2D eigenvalue weighted by molar-refractivity contribution is 7.89. The smallest absolute Gasteiger partial charge is 0.375 e. The number of amides is 1. The van der Waals surface area contributed by atoms with Gasteiger partial charge in [-0.2, -0.15) is 0 Å². The zero-order chi connectivity index (χ0) is 21.3. The van der Waals surface area contributed by atoms with Crippen molar-refractivity contribution in [1.29, 1.82) is 0 Å². The van der Waals surface area contributed by atoms with Crippen LogP contribution >= 0.6 is 0 Å². The Kier molecular flexibility index (Phi) is 5.66. The SMILES string of the molecule is CC(OC(=O)c1ccc(S(=O)(=O)NC2CC2)o1)C(=O)Nc1ccc(F)c(F)c1F. The number of rotatable bonds is 7. The highest BCUT2D eigenvalue weighted by Crippen LogP contribution is 2.23. The molecule has 8 nitrogen and oxygen atoms in total. The molecular formula is C17H15F3N2O6S. The molecular weight excluding hydrogens is 417 g/mol. The van der Waals surface area contributed by atoms with Gasteiger partial charge in [-0.05, 0) is 44.0 Å². The van der Waals surface area contributed by atoms with Crippen LogP contribution in [0, 0.1) is 17.5 Å². The van der Waals surface area contributed by atoms with Gasteiger partial charge in [0, 0.05) is 6.04 Å². The lowest BCUT2D eigenvalue weighted by atomic mass is 10.2. The number of hydrogen-bond donors (Lipinski definition) is 2. The van der Waals surface area contributed by atoms with E-state index in [9.17, 15) is 31.2 Å². The van der Waals surface area contributed by atoms with Gasteiger partial charge in [0.2, 0.25) is 10.9 Å². The van der Waals surface area contributed by atoms with Gasteiger partial charge in [0.15, 0.2) is 23.6 Å². The molecule has 0 aliphatic heterocycles. The van der Waals surface area contributed by atoms with Gasteiger partial charge in [-0.25, -0.2) is 31.1 Å². The molecule has 2 aromatic rings. The number of carbonyl (C=O) groups is 2. The quantitative estimate of drug-likeness (QED) is 0.513. The second-order valence-electron chi connectivity index (χ2n) is 6.27. The van der Waals surface area contributed by atoms with Gasteiger partial charge in [0.05, 0.1) is 5.69 Å². The van der Waals surface area contributed by atoms with Crippen LogP contribution in [0.4, 0.5) is 18.9 Å². The molecule has 0 radical (unpaired) electrons. The van der Waals surface area contributed by atoms with Crippen LogP contribution in [0.3, 0.4) is 0 Å². The first kappa shape index (κ1) is 20.9. The molecule has 0 bridgehead atoms. The van der Waals surface area contributed by atoms with Crippen molar-refractivity contribution in [3.8, 4) is 0 Å². The molecule has 1 aromatic heterocycles. The Hall–Kier alpha value is -2.86. The Morgan fingerprint density at radius 1 is 1.14 bits per heavy atom. The summed E-state index contributed by atoms with van der Waals surface area (Å²) in [5.74, 6) is -7.46. The van der Waals surface area contributed by atoms with Gasteiger partial charge in [-0.15, -0.1) is 0 Å². The van der Waals surface area contributed by atoms with Crippen LogP contribution in [0.2, 0.25) is 0 Å². The number of furan rings is 1. The Labute approximate surface area is 163 Å². The molecule has 1 fully saturated rings. The molecule has 3 rings (SSSR count). The number of ether oxygens (including phenoxy) is 1. The van der Waals surface area contributed by atoms with Crippen LogP contribution in [0.15, 0.2) is 33.8 Å². The summed E-state index contributed by atoms with van der Waals surface area (Å²) in [5, 5.41) is 1.47. The Morgan fingerprint density at radius 3 is 2.48 bits per heavy atom. The van der Waals surface area contributed by atoms with Crippen molar-refractivity contribution < 1.29 is 40.3 Å². The third kappa shape index (κ3) is 4.77. The normalized spacial score (nSPS) is 15.0. The van der Waals surface area contributed by atoms with Crippen molar-refractivity contribution in [1.82, 2.24) is 4.72 Å². The maximum absolute atomic E-state index is 13.6. The van der Waals surface area contributed by atoms with Crippen LogP contribution < -0.4 is 10.0 Å². The van der Waals surface area contributed by atoms with Crippen molar-refractivity contribution in [3.63, 3.8) is 0 Å². The Morgan fingerprint density at radius 2 is 1.83 bits per heavy atom. The summed E-state index contributed by atoms with van der Waals surface area (Å²) in [7, 11) is -3.92. The third-order valence-corrected chi connectivity index (χ3v) is 5.29. The molecule has 1 aliphatic carbocycles. The van der Waals surface area contributed by atoms with Crippen molar-refractivity contribution in [2.24, 2.45) is 0 Å². The van der Waals surface area contributed by atoms with Gasteiger partial charge in [0.1, 0.15) is 0 Å². The molecule has 0 saturated heterocycles. The van der Waals surface area contributed by atoms with E-state index in [0.717, 1.165) is 25.1 Å². The van der Waals surface area contributed by atoms with Crippen LogP contribution in [0.1, 0.15) is 30.3 Å². The largest absolute Gasteiger partial charge is 0.447 e. The number of esters is 1. The van der Waals surface area contributed by atoms with E-state index in [1.807, 2.05) is 5.32 Å². The fourth-order valence-electron chi connectivity index (χ4n) is 2.18. The maximum atomic E-state index is 13.6. The van der Waals surface area contributed by atoms with Crippen LogP contribution in [0.25, 0.3) is 0 Å². The number of halogens is 3. The summed E-state index contributed by atoms with van der Waals surface area (Å²) in [6, 6.07) is 3.37. The summed E-state index contributed by atoms with van der Waals surface area (Å²) >= 11 is 0. The van der Waals surface area contributed by atoms with E-state index in [0.29, 0.717) is 18.9 Å². The minimum atomic E-state index is -3.92. The molecule has 1 amide bonds.